The zero-order chi connectivity index (χ0) is 15.9. The van der Waals surface area contributed by atoms with Crippen LogP contribution < -0.4 is 9.47 Å². The summed E-state index contributed by atoms with van der Waals surface area (Å²) in [5.41, 5.74) is 0. The first-order chi connectivity index (χ1) is 10.6. The monoisotopic (exact) mass is 306 g/mol. The number of nitrogens with zero attached hydrogens (tertiary/aromatic N) is 2. The Hall–Kier alpha value is -2.24. The minimum Gasteiger partial charge on any atom is -0.494 e. The quantitative estimate of drug-likeness (QED) is 0.819. The molecule has 2 amide bonds. The molecule has 0 aliphatic carbocycles. The second-order valence-corrected chi connectivity index (χ2v) is 5.08. The van der Waals surface area contributed by atoms with Crippen molar-refractivity contribution in [2.24, 2.45) is 0 Å². The van der Waals surface area contributed by atoms with E-state index >= 15 is 0 Å². The molecule has 120 valence electrons. The van der Waals surface area contributed by atoms with Crippen LogP contribution in [-0.4, -0.2) is 61.0 Å². The molecule has 1 aromatic rings. The van der Waals surface area contributed by atoms with Gasteiger partial charge in [0.05, 0.1) is 6.61 Å². The Kier molecular flexibility index (Phi) is 5.63. The normalized spacial score (nSPS) is 14.6. The third kappa shape index (κ3) is 4.38. The van der Waals surface area contributed by atoms with Gasteiger partial charge in [-0.25, -0.2) is 0 Å². The number of benzene rings is 1. The highest BCUT2D eigenvalue weighted by Gasteiger charge is 2.22. The maximum atomic E-state index is 12.1. The fraction of sp³-hybridized carbons (Fsp3) is 0.500. The van der Waals surface area contributed by atoms with Crippen molar-refractivity contribution in [3.63, 3.8) is 0 Å². The summed E-state index contributed by atoms with van der Waals surface area (Å²) in [4.78, 5) is 26.9. The Balaban J connectivity index is 1.80. The molecule has 2 rings (SSSR count). The van der Waals surface area contributed by atoms with Crippen molar-refractivity contribution in [2.75, 3.05) is 39.4 Å². The van der Waals surface area contributed by atoms with E-state index in [2.05, 4.69) is 0 Å². The topological polar surface area (TPSA) is 59.1 Å². The van der Waals surface area contributed by atoms with Crippen LogP contribution in [-0.2, 0) is 9.59 Å². The molecule has 0 spiro atoms. The van der Waals surface area contributed by atoms with Crippen LogP contribution in [0.3, 0.4) is 0 Å². The van der Waals surface area contributed by atoms with Gasteiger partial charge in [-0.1, -0.05) is 6.07 Å². The third-order valence-electron chi connectivity index (χ3n) is 3.56. The Labute approximate surface area is 130 Å². The molecule has 0 unspecified atom stereocenters. The van der Waals surface area contributed by atoms with Gasteiger partial charge >= 0.3 is 0 Å². The lowest BCUT2D eigenvalue weighted by molar-refractivity contribution is -0.139. The zero-order valence-corrected chi connectivity index (χ0v) is 13.1. The second kappa shape index (κ2) is 7.68. The molecule has 0 bridgehead atoms. The fourth-order valence-electron chi connectivity index (χ4n) is 2.33. The number of carbonyl (C=O) groups is 2. The van der Waals surface area contributed by atoms with Crippen LogP contribution >= 0.6 is 0 Å². The highest BCUT2D eigenvalue weighted by molar-refractivity contribution is 5.78. The van der Waals surface area contributed by atoms with Crippen molar-refractivity contribution in [3.8, 4) is 11.5 Å². The molecule has 0 radical (unpaired) electrons. The van der Waals surface area contributed by atoms with Crippen molar-refractivity contribution >= 4 is 11.8 Å². The number of carbonyl (C=O) groups excluding carboxylic acids is 2. The summed E-state index contributed by atoms with van der Waals surface area (Å²) in [6.07, 6.45) is 0. The summed E-state index contributed by atoms with van der Waals surface area (Å²) in [6.45, 7) is 6.32. The van der Waals surface area contributed by atoms with Crippen molar-refractivity contribution in [3.05, 3.63) is 24.3 Å². The molecule has 6 nitrogen and oxygen atoms in total. The van der Waals surface area contributed by atoms with Gasteiger partial charge in [-0.15, -0.1) is 0 Å². The summed E-state index contributed by atoms with van der Waals surface area (Å²) in [5, 5.41) is 0. The predicted octanol–water partition coefficient (Wildman–Crippen LogP) is 1.15. The number of ether oxygens (including phenoxy) is 2. The van der Waals surface area contributed by atoms with Crippen LogP contribution in [0.2, 0.25) is 0 Å². The van der Waals surface area contributed by atoms with E-state index in [1.807, 2.05) is 19.1 Å². The van der Waals surface area contributed by atoms with Gasteiger partial charge in [0.2, 0.25) is 5.91 Å². The lowest BCUT2D eigenvalue weighted by atomic mass is 10.3. The van der Waals surface area contributed by atoms with Crippen LogP contribution in [0.4, 0.5) is 0 Å². The fourth-order valence-corrected chi connectivity index (χ4v) is 2.33. The summed E-state index contributed by atoms with van der Waals surface area (Å²) in [5.74, 6) is 1.32. The number of piperazine rings is 1. The Bertz CT molecular complexity index is 525. The lowest BCUT2D eigenvalue weighted by Gasteiger charge is -2.34. The molecule has 1 aromatic carbocycles. The van der Waals surface area contributed by atoms with Gasteiger partial charge in [-0.3, -0.25) is 9.59 Å². The van der Waals surface area contributed by atoms with E-state index in [0.717, 1.165) is 5.75 Å². The maximum Gasteiger partial charge on any atom is 0.260 e. The van der Waals surface area contributed by atoms with Gasteiger partial charge in [0.1, 0.15) is 11.5 Å². The largest absolute Gasteiger partial charge is 0.494 e. The van der Waals surface area contributed by atoms with E-state index in [1.54, 1.807) is 28.9 Å². The second-order valence-electron chi connectivity index (χ2n) is 5.08. The first kappa shape index (κ1) is 16.1. The van der Waals surface area contributed by atoms with Gasteiger partial charge in [0.25, 0.3) is 5.91 Å². The molecule has 1 aliphatic heterocycles. The van der Waals surface area contributed by atoms with E-state index in [0.29, 0.717) is 38.5 Å². The molecule has 1 heterocycles. The van der Waals surface area contributed by atoms with E-state index in [-0.39, 0.29) is 18.4 Å². The molecule has 22 heavy (non-hydrogen) atoms. The standard InChI is InChI=1S/C16H22N2O4/c1-3-21-14-5-4-6-15(11-14)22-12-16(20)18-9-7-17(8-10-18)13(2)19/h4-6,11H,3,7-10,12H2,1-2H3. The smallest absolute Gasteiger partial charge is 0.260 e. The summed E-state index contributed by atoms with van der Waals surface area (Å²) >= 11 is 0. The van der Waals surface area contributed by atoms with Crippen molar-refractivity contribution in [2.45, 2.75) is 13.8 Å². The molecular formula is C16H22N2O4. The van der Waals surface area contributed by atoms with E-state index in [4.69, 9.17) is 9.47 Å². The van der Waals surface area contributed by atoms with E-state index in [1.165, 1.54) is 0 Å². The maximum absolute atomic E-state index is 12.1. The van der Waals surface area contributed by atoms with Crippen LogP contribution in [0, 0.1) is 0 Å². The van der Waals surface area contributed by atoms with Crippen molar-refractivity contribution in [1.82, 2.24) is 9.80 Å². The lowest BCUT2D eigenvalue weighted by Crippen LogP contribution is -2.51. The van der Waals surface area contributed by atoms with Crippen molar-refractivity contribution in [1.29, 1.82) is 0 Å². The molecule has 0 N–H and O–H groups in total. The third-order valence-corrected chi connectivity index (χ3v) is 3.56. The Morgan fingerprint density at radius 2 is 1.64 bits per heavy atom. The van der Waals surface area contributed by atoms with Crippen LogP contribution in [0.25, 0.3) is 0 Å². The van der Waals surface area contributed by atoms with Gasteiger partial charge < -0.3 is 19.3 Å². The summed E-state index contributed by atoms with van der Waals surface area (Å²) in [7, 11) is 0. The number of hydrogen-bond donors (Lipinski definition) is 0. The predicted molar refractivity (Wildman–Crippen MR) is 81.9 cm³/mol. The SMILES string of the molecule is CCOc1cccc(OCC(=O)N2CCN(C(C)=O)CC2)c1. The van der Waals surface area contributed by atoms with Crippen LogP contribution in [0.1, 0.15) is 13.8 Å². The average Bonchev–Trinajstić information content (AvgIpc) is 2.53. The molecular weight excluding hydrogens is 284 g/mol. The Morgan fingerprint density at radius 3 is 2.23 bits per heavy atom. The zero-order valence-electron chi connectivity index (χ0n) is 13.1. The van der Waals surface area contributed by atoms with Gasteiger partial charge in [-0.2, -0.15) is 0 Å². The average molecular weight is 306 g/mol. The highest BCUT2D eigenvalue weighted by atomic mass is 16.5. The van der Waals surface area contributed by atoms with Gasteiger partial charge in [0.15, 0.2) is 6.61 Å². The minimum absolute atomic E-state index is 0.00432. The molecule has 0 aromatic heterocycles. The number of hydrogen-bond acceptors (Lipinski definition) is 4. The molecule has 6 heteroatoms. The number of rotatable bonds is 5. The van der Waals surface area contributed by atoms with Crippen molar-refractivity contribution < 1.29 is 19.1 Å². The Morgan fingerprint density at radius 1 is 1.05 bits per heavy atom. The molecule has 0 atom stereocenters. The summed E-state index contributed by atoms with van der Waals surface area (Å²) in [6, 6.07) is 7.24. The molecule has 1 aliphatic rings. The molecule has 1 saturated heterocycles. The first-order valence-corrected chi connectivity index (χ1v) is 7.49. The summed E-state index contributed by atoms with van der Waals surface area (Å²) < 4.78 is 10.9. The van der Waals surface area contributed by atoms with E-state index < -0.39 is 0 Å². The molecule has 0 saturated carbocycles. The van der Waals surface area contributed by atoms with Gasteiger partial charge in [0, 0.05) is 39.2 Å². The van der Waals surface area contributed by atoms with Gasteiger partial charge in [-0.05, 0) is 19.1 Å². The van der Waals surface area contributed by atoms with Crippen LogP contribution in [0.15, 0.2) is 24.3 Å². The number of amides is 2. The highest BCUT2D eigenvalue weighted by Crippen LogP contribution is 2.19. The van der Waals surface area contributed by atoms with E-state index in [9.17, 15) is 9.59 Å². The first-order valence-electron chi connectivity index (χ1n) is 7.49. The van der Waals surface area contributed by atoms with Crippen LogP contribution in [0.5, 0.6) is 11.5 Å². The molecule has 1 fully saturated rings. The minimum atomic E-state index is -0.0648.